The summed E-state index contributed by atoms with van der Waals surface area (Å²) in [5.74, 6) is -0.0759. The van der Waals surface area contributed by atoms with Crippen molar-refractivity contribution in [2.24, 2.45) is 0 Å². The Hall–Kier alpha value is -4.23. The van der Waals surface area contributed by atoms with E-state index in [9.17, 15) is 9.18 Å². The molecule has 43 heavy (non-hydrogen) atoms. The van der Waals surface area contributed by atoms with Gasteiger partial charge in [0.15, 0.2) is 0 Å². The molecule has 2 N–H and O–H groups in total. The van der Waals surface area contributed by atoms with Crippen LogP contribution in [0.4, 0.5) is 15.0 Å². The minimum absolute atomic E-state index is 0.392. The molecule has 2 aliphatic heterocycles. The van der Waals surface area contributed by atoms with Crippen LogP contribution in [0.5, 0.6) is 0 Å². The molecule has 0 bridgehead atoms. The number of methoxy groups -OCH3 is 1. The summed E-state index contributed by atoms with van der Waals surface area (Å²) in [6, 6.07) is 13.9. The van der Waals surface area contributed by atoms with Gasteiger partial charge in [0.05, 0.1) is 24.0 Å². The lowest BCUT2D eigenvalue weighted by Gasteiger charge is -2.24. The number of aromatic nitrogens is 4. The summed E-state index contributed by atoms with van der Waals surface area (Å²) in [4.78, 5) is 30.3. The van der Waals surface area contributed by atoms with Crippen molar-refractivity contribution in [3.05, 3.63) is 89.3 Å². The number of para-hydroxylation sites is 1. The third-order valence-corrected chi connectivity index (χ3v) is 7.83. The third-order valence-electron chi connectivity index (χ3n) is 7.83. The number of fused-ring (bicyclic) bond motifs is 1. The van der Waals surface area contributed by atoms with E-state index in [1.165, 1.54) is 17.8 Å². The van der Waals surface area contributed by atoms with Gasteiger partial charge in [-0.2, -0.15) is 14.6 Å². The Kier molecular flexibility index (Phi) is 8.43. The molecule has 0 aliphatic carbocycles. The van der Waals surface area contributed by atoms with Gasteiger partial charge in [-0.1, -0.05) is 18.2 Å². The molecule has 5 heterocycles. The number of pyridine rings is 2. The van der Waals surface area contributed by atoms with Gasteiger partial charge in [-0.15, -0.1) is 0 Å². The minimum Gasteiger partial charge on any atom is -0.383 e. The number of nitrogens with one attached hydrogen (secondary N) is 2. The highest BCUT2D eigenvalue weighted by Crippen LogP contribution is 2.33. The highest BCUT2D eigenvalue weighted by molar-refractivity contribution is 5.91. The molecule has 0 unspecified atom stereocenters. The van der Waals surface area contributed by atoms with E-state index in [-0.39, 0.29) is 0 Å². The van der Waals surface area contributed by atoms with Crippen LogP contribution >= 0.6 is 0 Å². The number of rotatable bonds is 8. The number of urea groups is 1. The van der Waals surface area contributed by atoms with Crippen molar-refractivity contribution in [1.82, 2.24) is 35.0 Å². The molecule has 2 atom stereocenters. The molecule has 1 fully saturated rings. The summed E-state index contributed by atoms with van der Waals surface area (Å²) in [6.07, 6.45) is 3.56. The topological polar surface area (TPSA) is 110 Å². The second-order valence-electron chi connectivity index (χ2n) is 10.9. The van der Waals surface area contributed by atoms with E-state index in [4.69, 9.17) is 19.7 Å². The minimum atomic E-state index is -0.613. The van der Waals surface area contributed by atoms with E-state index in [1.54, 1.807) is 22.9 Å². The molecule has 6 rings (SSSR count). The van der Waals surface area contributed by atoms with E-state index in [0.29, 0.717) is 31.1 Å². The van der Waals surface area contributed by atoms with Crippen LogP contribution in [0.25, 0.3) is 16.9 Å². The predicted octanol–water partition coefficient (Wildman–Crippen LogP) is 3.89. The fourth-order valence-electron chi connectivity index (χ4n) is 5.62. The van der Waals surface area contributed by atoms with Gasteiger partial charge in [0.1, 0.15) is 11.9 Å². The van der Waals surface area contributed by atoms with Crippen LogP contribution in [0.2, 0.25) is 0 Å². The summed E-state index contributed by atoms with van der Waals surface area (Å²) >= 11 is 0. The lowest BCUT2D eigenvalue weighted by molar-refractivity contribution is -0.154. The molecule has 0 radical (unpaired) electrons. The van der Waals surface area contributed by atoms with Crippen LogP contribution < -0.4 is 10.6 Å². The SMILES string of the molecule is COCCN1C[C@@H](NC(=O)Nc2c(C)c(-c3cnc4c(c3)CN(C)CC4)nn2-c2ccccc2)[C@H](c2ccnc(F)c2)O1. The van der Waals surface area contributed by atoms with Crippen LogP contribution in [0, 0.1) is 12.9 Å². The first-order chi connectivity index (χ1) is 20.9. The van der Waals surface area contributed by atoms with Crippen molar-refractivity contribution in [2.45, 2.75) is 32.0 Å². The first-order valence-corrected chi connectivity index (χ1v) is 14.3. The molecule has 2 amide bonds. The molecular formula is C31H35FN8O3. The zero-order chi connectivity index (χ0) is 29.9. The van der Waals surface area contributed by atoms with E-state index in [2.05, 4.69) is 33.6 Å². The summed E-state index contributed by atoms with van der Waals surface area (Å²) < 4.78 is 20.9. The number of carbonyl (C=O) groups is 1. The van der Waals surface area contributed by atoms with Gasteiger partial charge >= 0.3 is 6.03 Å². The summed E-state index contributed by atoms with van der Waals surface area (Å²) in [5, 5.41) is 12.7. The maximum absolute atomic E-state index is 14.0. The standard InChI is InChI=1S/C31H35FN8O3/c1-20-28(22-15-23-18-38(2)12-10-25(23)34-17-22)37-40(24-7-5-4-6-8-24)30(20)36-31(41)35-26-19-39(13-14-42-3)43-29(26)21-9-11-33-27(32)16-21/h4-9,11,15-17,26,29H,10,12-14,18-19H2,1-3H3,(H2,35,36,41)/t26-,29+/m1/s1. The fraction of sp³-hybridized carbons (Fsp3) is 0.355. The molecule has 2 aliphatic rings. The van der Waals surface area contributed by atoms with Gasteiger partial charge < -0.3 is 15.0 Å². The lowest BCUT2D eigenvalue weighted by atomic mass is 10.0. The van der Waals surface area contributed by atoms with Crippen LogP contribution in [-0.2, 0) is 22.5 Å². The van der Waals surface area contributed by atoms with Gasteiger partial charge in [0, 0.05) is 68.9 Å². The number of benzene rings is 1. The number of likely N-dealkylation sites (N-methyl/N-ethyl adjacent to an activating group) is 1. The molecular weight excluding hydrogens is 551 g/mol. The second-order valence-corrected chi connectivity index (χ2v) is 10.9. The average Bonchev–Trinajstić information content (AvgIpc) is 3.56. The number of ether oxygens (including phenoxy) is 1. The molecule has 12 heteroatoms. The molecule has 3 aromatic heterocycles. The highest BCUT2D eigenvalue weighted by Gasteiger charge is 2.37. The Labute approximate surface area is 249 Å². The average molecular weight is 587 g/mol. The van der Waals surface area contributed by atoms with Crippen LogP contribution in [0.3, 0.4) is 0 Å². The number of carbonyl (C=O) groups excluding carboxylic acids is 1. The monoisotopic (exact) mass is 586 g/mol. The van der Waals surface area contributed by atoms with Crippen molar-refractivity contribution in [2.75, 3.05) is 45.7 Å². The van der Waals surface area contributed by atoms with Gasteiger partial charge in [0.25, 0.3) is 0 Å². The number of nitrogens with zero attached hydrogens (tertiary/aromatic N) is 6. The van der Waals surface area contributed by atoms with E-state index < -0.39 is 24.1 Å². The molecule has 0 saturated carbocycles. The Balaban J connectivity index is 1.29. The number of hydrogen-bond acceptors (Lipinski definition) is 8. The smallest absolute Gasteiger partial charge is 0.320 e. The van der Waals surface area contributed by atoms with Crippen LogP contribution in [0.1, 0.15) is 28.5 Å². The Morgan fingerprint density at radius 1 is 1.19 bits per heavy atom. The fourth-order valence-corrected chi connectivity index (χ4v) is 5.62. The van der Waals surface area contributed by atoms with E-state index in [0.717, 1.165) is 47.7 Å². The number of halogens is 1. The van der Waals surface area contributed by atoms with Crippen LogP contribution in [0.15, 0.2) is 60.9 Å². The van der Waals surface area contributed by atoms with Crippen molar-refractivity contribution >= 4 is 11.8 Å². The van der Waals surface area contributed by atoms with Crippen molar-refractivity contribution in [3.8, 4) is 16.9 Å². The first kappa shape index (κ1) is 28.9. The Bertz CT molecular complexity index is 1600. The summed E-state index contributed by atoms with van der Waals surface area (Å²) in [7, 11) is 3.72. The second kappa shape index (κ2) is 12.6. The highest BCUT2D eigenvalue weighted by atomic mass is 19.1. The molecule has 4 aromatic rings. The van der Waals surface area contributed by atoms with Gasteiger partial charge in [-0.25, -0.2) is 14.5 Å². The maximum atomic E-state index is 14.0. The molecule has 1 aromatic carbocycles. The zero-order valence-corrected chi connectivity index (χ0v) is 24.5. The van der Waals surface area contributed by atoms with Crippen LogP contribution in [-0.4, -0.2) is 82.2 Å². The first-order valence-electron chi connectivity index (χ1n) is 14.3. The van der Waals surface area contributed by atoms with Crippen molar-refractivity contribution < 1.29 is 18.8 Å². The largest absolute Gasteiger partial charge is 0.383 e. The van der Waals surface area contributed by atoms with Gasteiger partial charge in [-0.3, -0.25) is 15.1 Å². The summed E-state index contributed by atoms with van der Waals surface area (Å²) in [5.41, 5.74) is 6.12. The summed E-state index contributed by atoms with van der Waals surface area (Å²) in [6.45, 7) is 5.09. The number of anilines is 1. The quantitative estimate of drug-likeness (QED) is 0.300. The van der Waals surface area contributed by atoms with Crippen molar-refractivity contribution in [1.29, 1.82) is 0 Å². The van der Waals surface area contributed by atoms with E-state index >= 15 is 0 Å². The lowest BCUT2D eigenvalue weighted by Crippen LogP contribution is -2.42. The Morgan fingerprint density at radius 2 is 2.02 bits per heavy atom. The van der Waals surface area contributed by atoms with E-state index in [1.807, 2.05) is 43.5 Å². The molecule has 1 saturated heterocycles. The third kappa shape index (κ3) is 6.27. The van der Waals surface area contributed by atoms with Gasteiger partial charge in [-0.05, 0) is 55.4 Å². The Morgan fingerprint density at radius 3 is 2.81 bits per heavy atom. The van der Waals surface area contributed by atoms with Crippen molar-refractivity contribution in [3.63, 3.8) is 0 Å². The molecule has 0 spiro atoms. The molecule has 11 nitrogen and oxygen atoms in total. The normalized spacial score (nSPS) is 18.9. The molecule has 224 valence electrons. The number of amides is 2. The van der Waals surface area contributed by atoms with Gasteiger partial charge in [0.2, 0.25) is 5.95 Å². The maximum Gasteiger partial charge on any atom is 0.320 e. The number of hydrogen-bond donors (Lipinski definition) is 2. The predicted molar refractivity (Wildman–Crippen MR) is 159 cm³/mol. The zero-order valence-electron chi connectivity index (χ0n) is 24.5. The number of hydroxylamine groups is 2.